The predicted molar refractivity (Wildman–Crippen MR) is 91.1 cm³/mol. The summed E-state index contributed by atoms with van der Waals surface area (Å²) in [5, 5.41) is 0. The minimum Gasteiger partial charge on any atom is -0.398 e. The zero-order valence-electron chi connectivity index (χ0n) is 13.3. The van der Waals surface area contributed by atoms with E-state index in [9.17, 15) is 9.18 Å². The number of Topliss-reactive ketones (excluding diaryl/α,β-unsaturated/α-hetero) is 1. The molecule has 0 bridgehead atoms. The van der Waals surface area contributed by atoms with Crippen LogP contribution in [-0.2, 0) is 4.79 Å². The van der Waals surface area contributed by atoms with Crippen molar-refractivity contribution < 1.29 is 9.18 Å². The van der Waals surface area contributed by atoms with E-state index in [4.69, 9.17) is 5.73 Å². The zero-order chi connectivity index (χ0) is 16.7. The highest BCUT2D eigenvalue weighted by atomic mass is 19.1. The average Bonchev–Trinajstić information content (AvgIpc) is 2.44. The topological polar surface area (TPSA) is 43.1 Å². The van der Waals surface area contributed by atoms with Gasteiger partial charge >= 0.3 is 0 Å². The molecule has 2 aromatic rings. The molecule has 0 fully saturated rings. The second kappa shape index (κ2) is 8.13. The summed E-state index contributed by atoms with van der Waals surface area (Å²) >= 11 is 0. The fraction of sp³-hybridized carbons (Fsp3) is 0.211. The van der Waals surface area contributed by atoms with Gasteiger partial charge in [-0.15, -0.1) is 0 Å². The van der Waals surface area contributed by atoms with E-state index in [0.717, 1.165) is 0 Å². The van der Waals surface area contributed by atoms with Gasteiger partial charge in [-0.3, -0.25) is 4.79 Å². The van der Waals surface area contributed by atoms with Gasteiger partial charge in [-0.25, -0.2) is 4.39 Å². The summed E-state index contributed by atoms with van der Waals surface area (Å²) < 4.78 is 12.9. The molecule has 2 N–H and O–H groups in total. The number of ketones is 1. The van der Waals surface area contributed by atoms with Crippen LogP contribution in [0.2, 0.25) is 0 Å². The molecular weight excluding hydrogens is 277 g/mol. The molecule has 0 atom stereocenters. The third-order valence-electron chi connectivity index (χ3n) is 3.28. The lowest BCUT2D eigenvalue weighted by molar-refractivity contribution is -0.116. The molecule has 2 aromatic carbocycles. The highest BCUT2D eigenvalue weighted by Crippen LogP contribution is 2.23. The number of allylic oxidation sites excluding steroid dienone is 1. The van der Waals surface area contributed by atoms with Gasteiger partial charge in [-0.05, 0) is 55.7 Å². The van der Waals surface area contributed by atoms with Crippen molar-refractivity contribution in [3.8, 4) is 0 Å². The fourth-order valence-corrected chi connectivity index (χ4v) is 1.89. The Morgan fingerprint density at radius 1 is 1.14 bits per heavy atom. The number of benzene rings is 2. The number of nitrogen functional groups attached to an aromatic ring is 1. The molecule has 2 nitrogen and oxygen atoms in total. The Morgan fingerprint density at radius 3 is 2.14 bits per heavy atom. The van der Waals surface area contributed by atoms with Crippen LogP contribution in [0.25, 0.3) is 5.57 Å². The SMILES string of the molecule is C=C(CC(C)=O)c1cc(F)ccc1N.Cc1ccccc1C. The molecule has 0 aliphatic carbocycles. The Kier molecular flexibility index (Phi) is 6.51. The van der Waals surface area contributed by atoms with E-state index in [1.54, 1.807) is 0 Å². The second-order valence-corrected chi connectivity index (χ2v) is 5.30. The maximum absolute atomic E-state index is 12.9. The summed E-state index contributed by atoms with van der Waals surface area (Å²) in [7, 11) is 0. The van der Waals surface area contributed by atoms with Crippen LogP contribution in [0.1, 0.15) is 30.0 Å². The fourth-order valence-electron chi connectivity index (χ4n) is 1.89. The number of carbonyl (C=O) groups is 1. The maximum Gasteiger partial charge on any atom is 0.134 e. The molecule has 0 heterocycles. The average molecular weight is 299 g/mol. The summed E-state index contributed by atoms with van der Waals surface area (Å²) in [6, 6.07) is 12.4. The first kappa shape index (κ1) is 17.6. The van der Waals surface area contributed by atoms with E-state index < -0.39 is 0 Å². The van der Waals surface area contributed by atoms with Crippen molar-refractivity contribution in [2.24, 2.45) is 0 Å². The lowest BCUT2D eigenvalue weighted by atomic mass is 10.0. The monoisotopic (exact) mass is 299 g/mol. The number of aryl methyl sites for hydroxylation is 2. The molecule has 0 saturated carbocycles. The second-order valence-electron chi connectivity index (χ2n) is 5.30. The number of halogens is 1. The Bertz CT molecular complexity index is 656. The third kappa shape index (κ3) is 5.52. The predicted octanol–water partition coefficient (Wildman–Crippen LogP) is 4.70. The first-order chi connectivity index (χ1) is 10.3. The summed E-state index contributed by atoms with van der Waals surface area (Å²) in [4.78, 5) is 10.8. The molecule has 0 aromatic heterocycles. The van der Waals surface area contributed by atoms with Crippen LogP contribution < -0.4 is 5.73 Å². The molecular formula is C19H22FNO. The minimum absolute atomic E-state index is 0.0151. The summed E-state index contributed by atoms with van der Waals surface area (Å²) in [6.45, 7) is 9.40. The highest BCUT2D eigenvalue weighted by Gasteiger charge is 2.07. The Balaban J connectivity index is 0.000000255. The van der Waals surface area contributed by atoms with E-state index in [-0.39, 0.29) is 18.0 Å². The van der Waals surface area contributed by atoms with E-state index in [2.05, 4.69) is 44.7 Å². The van der Waals surface area contributed by atoms with Gasteiger partial charge in [-0.2, -0.15) is 0 Å². The first-order valence-corrected chi connectivity index (χ1v) is 7.06. The van der Waals surface area contributed by atoms with E-state index >= 15 is 0 Å². The van der Waals surface area contributed by atoms with E-state index in [0.29, 0.717) is 16.8 Å². The van der Waals surface area contributed by atoms with Crippen molar-refractivity contribution in [3.05, 3.63) is 71.6 Å². The molecule has 0 saturated heterocycles. The third-order valence-corrected chi connectivity index (χ3v) is 3.28. The molecule has 3 heteroatoms. The zero-order valence-corrected chi connectivity index (χ0v) is 13.3. The van der Waals surface area contributed by atoms with Crippen LogP contribution >= 0.6 is 0 Å². The van der Waals surface area contributed by atoms with Gasteiger partial charge in [-0.1, -0.05) is 30.8 Å². The van der Waals surface area contributed by atoms with Gasteiger partial charge in [0.05, 0.1) is 0 Å². The van der Waals surface area contributed by atoms with Gasteiger partial charge < -0.3 is 5.73 Å². The Labute approximate surface area is 131 Å². The molecule has 0 unspecified atom stereocenters. The van der Waals surface area contributed by atoms with Gasteiger partial charge in [0.25, 0.3) is 0 Å². The van der Waals surface area contributed by atoms with E-state index in [1.807, 2.05) is 0 Å². The van der Waals surface area contributed by atoms with Crippen LogP contribution in [0.5, 0.6) is 0 Å². The lowest BCUT2D eigenvalue weighted by Gasteiger charge is -2.07. The van der Waals surface area contributed by atoms with Crippen molar-refractivity contribution in [2.75, 3.05) is 5.73 Å². The van der Waals surface area contributed by atoms with Gasteiger partial charge in [0, 0.05) is 17.7 Å². The molecule has 0 aliphatic heterocycles. The lowest BCUT2D eigenvalue weighted by Crippen LogP contribution is -1.97. The molecule has 2 rings (SSSR count). The molecule has 0 aliphatic rings. The number of hydrogen-bond donors (Lipinski definition) is 1. The molecule has 0 radical (unpaired) electrons. The van der Waals surface area contributed by atoms with Crippen LogP contribution in [0, 0.1) is 19.7 Å². The summed E-state index contributed by atoms with van der Waals surface area (Å²) in [5.41, 5.74) is 9.87. The van der Waals surface area contributed by atoms with Crippen molar-refractivity contribution >= 4 is 17.0 Å². The van der Waals surface area contributed by atoms with Crippen LogP contribution in [0.4, 0.5) is 10.1 Å². The number of rotatable bonds is 3. The Morgan fingerprint density at radius 2 is 1.68 bits per heavy atom. The van der Waals surface area contributed by atoms with Gasteiger partial charge in [0.1, 0.15) is 11.6 Å². The molecule has 116 valence electrons. The first-order valence-electron chi connectivity index (χ1n) is 7.06. The molecule has 0 spiro atoms. The maximum atomic E-state index is 12.9. The van der Waals surface area contributed by atoms with Crippen LogP contribution in [0.3, 0.4) is 0 Å². The number of nitrogens with two attached hydrogens (primary N) is 1. The quantitative estimate of drug-likeness (QED) is 0.834. The minimum atomic E-state index is -0.376. The Hall–Kier alpha value is -2.42. The highest BCUT2D eigenvalue weighted by molar-refractivity contribution is 5.90. The molecule has 22 heavy (non-hydrogen) atoms. The molecule has 0 amide bonds. The van der Waals surface area contributed by atoms with Gasteiger partial charge in [0.15, 0.2) is 0 Å². The van der Waals surface area contributed by atoms with Crippen molar-refractivity contribution in [3.63, 3.8) is 0 Å². The summed E-state index contributed by atoms with van der Waals surface area (Å²) in [5.74, 6) is -0.391. The standard InChI is InChI=1S/C11H12FNO.C8H10/c1-7(5-8(2)14)10-6-9(12)3-4-11(10)13;1-7-5-3-4-6-8(7)2/h3-4,6H,1,5,13H2,2H3;3-6H,1-2H3. The van der Waals surface area contributed by atoms with E-state index in [1.165, 1.54) is 36.2 Å². The van der Waals surface area contributed by atoms with Crippen molar-refractivity contribution in [2.45, 2.75) is 27.2 Å². The van der Waals surface area contributed by atoms with Crippen LogP contribution in [-0.4, -0.2) is 5.78 Å². The van der Waals surface area contributed by atoms with Crippen LogP contribution in [0.15, 0.2) is 49.0 Å². The number of hydrogen-bond acceptors (Lipinski definition) is 2. The number of anilines is 1. The van der Waals surface area contributed by atoms with Crippen molar-refractivity contribution in [1.29, 1.82) is 0 Å². The number of carbonyl (C=O) groups excluding carboxylic acids is 1. The normalized spacial score (nSPS) is 9.64. The van der Waals surface area contributed by atoms with Gasteiger partial charge in [0.2, 0.25) is 0 Å². The smallest absolute Gasteiger partial charge is 0.134 e. The largest absolute Gasteiger partial charge is 0.398 e. The summed E-state index contributed by atoms with van der Waals surface area (Å²) in [6.07, 6.45) is 0.202. The van der Waals surface area contributed by atoms with Crippen molar-refractivity contribution in [1.82, 2.24) is 0 Å².